The maximum absolute atomic E-state index is 13.2. The van der Waals surface area contributed by atoms with Crippen LogP contribution in [0.2, 0.25) is 0 Å². The van der Waals surface area contributed by atoms with E-state index >= 15 is 0 Å². The van der Waals surface area contributed by atoms with E-state index in [1.165, 1.54) is 22.3 Å². The Bertz CT molecular complexity index is 841. The minimum Gasteiger partial charge on any atom is -0.438 e. The largest absolute Gasteiger partial charge is 0.438 e. The van der Waals surface area contributed by atoms with E-state index in [9.17, 15) is 4.79 Å². The van der Waals surface area contributed by atoms with E-state index in [0.29, 0.717) is 12.5 Å². The first-order chi connectivity index (χ1) is 13.7. The van der Waals surface area contributed by atoms with Crippen LogP contribution in [0.15, 0.2) is 71.8 Å². The smallest absolute Gasteiger partial charge is 0.318 e. The summed E-state index contributed by atoms with van der Waals surface area (Å²) in [5, 5.41) is 0. The van der Waals surface area contributed by atoms with E-state index in [-0.39, 0.29) is 12.8 Å². The minimum atomic E-state index is -0.471. The van der Waals surface area contributed by atoms with Crippen LogP contribution in [0.5, 0.6) is 0 Å². The molecule has 2 atom stereocenters. The van der Waals surface area contributed by atoms with Gasteiger partial charge in [-0.25, -0.2) is 0 Å². The molecule has 2 aromatic carbocycles. The molecule has 3 heteroatoms. The minimum absolute atomic E-state index is 0.0500. The summed E-state index contributed by atoms with van der Waals surface area (Å²) in [4.78, 5) is 13.2. The molecule has 2 aromatic rings. The van der Waals surface area contributed by atoms with Gasteiger partial charge in [-0.2, -0.15) is 0 Å². The van der Waals surface area contributed by atoms with Crippen molar-refractivity contribution in [1.29, 1.82) is 0 Å². The average molecular weight is 376 g/mol. The van der Waals surface area contributed by atoms with E-state index in [0.717, 1.165) is 32.1 Å². The summed E-state index contributed by atoms with van der Waals surface area (Å²) in [6.07, 6.45) is 4.60. The van der Waals surface area contributed by atoms with Gasteiger partial charge in [0.2, 0.25) is 0 Å². The lowest BCUT2D eigenvalue weighted by Gasteiger charge is -2.30. The predicted molar refractivity (Wildman–Crippen MR) is 110 cm³/mol. The van der Waals surface area contributed by atoms with Crippen molar-refractivity contribution in [3.63, 3.8) is 0 Å². The third kappa shape index (κ3) is 3.64. The van der Waals surface area contributed by atoms with Gasteiger partial charge in [-0.1, -0.05) is 66.2 Å². The van der Waals surface area contributed by atoms with Gasteiger partial charge < -0.3 is 9.47 Å². The van der Waals surface area contributed by atoms with Crippen molar-refractivity contribution in [3.05, 3.63) is 82.9 Å². The van der Waals surface area contributed by atoms with Gasteiger partial charge in [0.05, 0.1) is 5.41 Å². The van der Waals surface area contributed by atoms with Crippen LogP contribution in [0.3, 0.4) is 0 Å². The van der Waals surface area contributed by atoms with Gasteiger partial charge in [0.15, 0.2) is 6.79 Å². The maximum Gasteiger partial charge on any atom is 0.318 e. The number of benzene rings is 2. The number of carbonyl (C=O) groups excluding carboxylic acids is 1. The molecule has 2 bridgehead atoms. The molecule has 2 aliphatic rings. The Morgan fingerprint density at radius 2 is 1.64 bits per heavy atom. The number of rotatable bonds is 8. The third-order valence-corrected chi connectivity index (χ3v) is 6.30. The maximum atomic E-state index is 13.2. The lowest BCUT2D eigenvalue weighted by atomic mass is 9.75. The van der Waals surface area contributed by atoms with Crippen molar-refractivity contribution in [1.82, 2.24) is 0 Å². The van der Waals surface area contributed by atoms with Crippen LogP contribution in [-0.2, 0) is 27.1 Å². The number of esters is 1. The van der Waals surface area contributed by atoms with Crippen LogP contribution >= 0.6 is 0 Å². The van der Waals surface area contributed by atoms with Crippen LogP contribution in [0, 0.1) is 11.3 Å². The molecule has 146 valence electrons. The number of hydrogen-bond acceptors (Lipinski definition) is 3. The second kappa shape index (κ2) is 8.32. The first kappa shape index (κ1) is 18.9. The summed E-state index contributed by atoms with van der Waals surface area (Å²) in [7, 11) is 0. The topological polar surface area (TPSA) is 35.5 Å². The molecule has 0 N–H and O–H groups in total. The van der Waals surface area contributed by atoms with E-state index in [1.807, 2.05) is 13.0 Å². The highest BCUT2D eigenvalue weighted by atomic mass is 16.7. The zero-order chi connectivity index (χ0) is 19.4. The Morgan fingerprint density at radius 3 is 2.29 bits per heavy atom. The summed E-state index contributed by atoms with van der Waals surface area (Å²) in [5.41, 5.74) is 4.85. The highest BCUT2D eigenvalue weighted by Crippen LogP contribution is 2.59. The first-order valence-corrected chi connectivity index (χ1v) is 10.3. The molecule has 0 amide bonds. The van der Waals surface area contributed by atoms with E-state index in [1.54, 1.807) is 0 Å². The molecular weight excluding hydrogens is 348 g/mol. The van der Waals surface area contributed by atoms with Crippen LogP contribution < -0.4 is 0 Å². The summed E-state index contributed by atoms with van der Waals surface area (Å²) < 4.78 is 10.8. The van der Waals surface area contributed by atoms with Crippen molar-refractivity contribution in [2.75, 3.05) is 13.4 Å². The average Bonchev–Trinajstić information content (AvgIpc) is 3.29. The molecule has 0 radical (unpaired) electrons. The second-order valence-corrected chi connectivity index (χ2v) is 7.89. The number of fused-ring (bicyclic) bond motifs is 2. The molecule has 0 aromatic heterocycles. The Morgan fingerprint density at radius 1 is 1.00 bits per heavy atom. The Hall–Kier alpha value is -2.39. The standard InChI is InChI=1S/C25H28O3/c1-2-27-18-28-24(26)25-14-13-21(17-25)22(15-19-9-5-3-6-10-19)23(25)16-20-11-7-4-8-12-20/h3-12,21H,2,13-18H2,1H3. The van der Waals surface area contributed by atoms with Gasteiger partial charge in [0.1, 0.15) is 0 Å². The van der Waals surface area contributed by atoms with Gasteiger partial charge in [-0.15, -0.1) is 0 Å². The summed E-state index contributed by atoms with van der Waals surface area (Å²) in [6, 6.07) is 21.1. The zero-order valence-electron chi connectivity index (χ0n) is 16.5. The molecule has 1 saturated carbocycles. The number of carbonyl (C=O) groups is 1. The summed E-state index contributed by atoms with van der Waals surface area (Å²) in [5.74, 6) is 0.385. The fourth-order valence-electron chi connectivity index (χ4n) is 4.95. The first-order valence-electron chi connectivity index (χ1n) is 10.3. The van der Waals surface area contributed by atoms with Gasteiger partial charge in [-0.05, 0) is 61.6 Å². The van der Waals surface area contributed by atoms with E-state index in [4.69, 9.17) is 9.47 Å². The third-order valence-electron chi connectivity index (χ3n) is 6.30. The van der Waals surface area contributed by atoms with Crippen molar-refractivity contribution >= 4 is 5.97 Å². The summed E-state index contributed by atoms with van der Waals surface area (Å²) >= 11 is 0. The highest BCUT2D eigenvalue weighted by molar-refractivity contribution is 5.83. The van der Waals surface area contributed by atoms with Crippen molar-refractivity contribution in [2.24, 2.45) is 11.3 Å². The van der Waals surface area contributed by atoms with Crippen molar-refractivity contribution in [3.8, 4) is 0 Å². The predicted octanol–water partition coefficient (Wildman–Crippen LogP) is 5.11. The molecule has 2 aliphatic carbocycles. The molecule has 4 rings (SSSR count). The number of allylic oxidation sites excluding steroid dienone is 1. The van der Waals surface area contributed by atoms with Gasteiger partial charge >= 0.3 is 5.97 Å². The fraction of sp³-hybridized carbons (Fsp3) is 0.400. The van der Waals surface area contributed by atoms with Crippen LogP contribution in [0.1, 0.15) is 37.3 Å². The highest BCUT2D eigenvalue weighted by Gasteiger charge is 2.55. The van der Waals surface area contributed by atoms with Gasteiger partial charge in [0, 0.05) is 6.61 Å². The lowest BCUT2D eigenvalue weighted by molar-refractivity contribution is -0.165. The molecule has 28 heavy (non-hydrogen) atoms. The van der Waals surface area contributed by atoms with Gasteiger partial charge in [-0.3, -0.25) is 4.79 Å². The molecule has 2 unspecified atom stereocenters. The Kier molecular flexibility index (Phi) is 5.63. The Labute approximate surface area is 167 Å². The van der Waals surface area contributed by atoms with Crippen molar-refractivity contribution in [2.45, 2.75) is 39.0 Å². The molecule has 1 fully saturated rings. The lowest BCUT2D eigenvalue weighted by Crippen LogP contribution is -2.33. The molecule has 0 saturated heterocycles. The monoisotopic (exact) mass is 376 g/mol. The van der Waals surface area contributed by atoms with Crippen LogP contribution in [-0.4, -0.2) is 19.4 Å². The molecule has 0 aliphatic heterocycles. The molecule has 0 spiro atoms. The molecule has 0 heterocycles. The summed E-state index contributed by atoms with van der Waals surface area (Å²) in [6.45, 7) is 2.51. The second-order valence-electron chi connectivity index (χ2n) is 7.89. The zero-order valence-corrected chi connectivity index (χ0v) is 16.5. The molecule has 3 nitrogen and oxygen atoms in total. The van der Waals surface area contributed by atoms with Gasteiger partial charge in [0.25, 0.3) is 0 Å². The van der Waals surface area contributed by atoms with Crippen LogP contribution in [0.4, 0.5) is 0 Å². The fourth-order valence-corrected chi connectivity index (χ4v) is 4.95. The van der Waals surface area contributed by atoms with Crippen molar-refractivity contribution < 1.29 is 14.3 Å². The Balaban J connectivity index is 1.68. The number of ether oxygens (including phenoxy) is 2. The van der Waals surface area contributed by atoms with E-state index < -0.39 is 5.41 Å². The molecular formula is C25H28O3. The number of hydrogen-bond donors (Lipinski definition) is 0. The van der Waals surface area contributed by atoms with Crippen LogP contribution in [0.25, 0.3) is 0 Å². The quantitative estimate of drug-likeness (QED) is 0.278. The van der Waals surface area contributed by atoms with E-state index in [2.05, 4.69) is 54.6 Å². The normalized spacial score (nSPS) is 23.2. The SMILES string of the molecule is CCOCOC(=O)C12CCC(C1)C(Cc1ccccc1)=C2Cc1ccccc1.